The van der Waals surface area contributed by atoms with Crippen LogP contribution in [0, 0.1) is 12.7 Å². The highest BCUT2D eigenvalue weighted by Gasteiger charge is 2.10. The first kappa shape index (κ1) is 13.9. The molecule has 2 aromatic rings. The molecule has 20 heavy (non-hydrogen) atoms. The van der Waals surface area contributed by atoms with Crippen LogP contribution in [0.15, 0.2) is 42.5 Å². The van der Waals surface area contributed by atoms with E-state index in [1.165, 1.54) is 25.1 Å². The number of nitrogens with one attached hydrogen (secondary N) is 1. The molecule has 0 spiro atoms. The number of anilines is 1. The van der Waals surface area contributed by atoms with E-state index in [0.717, 1.165) is 0 Å². The predicted molar refractivity (Wildman–Crippen MR) is 75.5 cm³/mol. The van der Waals surface area contributed by atoms with Gasteiger partial charge in [-0.1, -0.05) is 0 Å². The van der Waals surface area contributed by atoms with Crippen molar-refractivity contribution in [2.24, 2.45) is 0 Å². The van der Waals surface area contributed by atoms with Crippen molar-refractivity contribution in [3.63, 3.8) is 0 Å². The van der Waals surface area contributed by atoms with Gasteiger partial charge in [-0.2, -0.15) is 0 Å². The van der Waals surface area contributed by atoms with E-state index in [-0.39, 0.29) is 17.5 Å². The Morgan fingerprint density at radius 3 is 2.25 bits per heavy atom. The molecule has 102 valence electrons. The van der Waals surface area contributed by atoms with Crippen molar-refractivity contribution in [1.29, 1.82) is 0 Å². The van der Waals surface area contributed by atoms with Gasteiger partial charge in [0, 0.05) is 16.8 Å². The highest BCUT2D eigenvalue weighted by Crippen LogP contribution is 2.15. The zero-order valence-corrected chi connectivity index (χ0v) is 11.2. The van der Waals surface area contributed by atoms with Crippen LogP contribution in [-0.4, -0.2) is 11.7 Å². The summed E-state index contributed by atoms with van der Waals surface area (Å²) in [5.41, 5.74) is 2.16. The summed E-state index contributed by atoms with van der Waals surface area (Å²) in [5.74, 6) is -0.708. The van der Waals surface area contributed by atoms with Crippen molar-refractivity contribution in [2.45, 2.75) is 13.8 Å². The number of aryl methyl sites for hydroxylation is 1. The summed E-state index contributed by atoms with van der Waals surface area (Å²) < 4.78 is 13.0. The molecule has 0 unspecified atom stereocenters. The molecule has 1 N–H and O–H groups in total. The van der Waals surface area contributed by atoms with E-state index in [0.29, 0.717) is 22.4 Å². The molecule has 0 aliphatic rings. The second-order valence-electron chi connectivity index (χ2n) is 4.55. The lowest BCUT2D eigenvalue weighted by atomic mass is 10.1. The highest BCUT2D eigenvalue weighted by molar-refractivity contribution is 6.05. The molecule has 0 heterocycles. The molecule has 0 aliphatic carbocycles. The first-order chi connectivity index (χ1) is 9.47. The fourth-order valence-corrected chi connectivity index (χ4v) is 1.87. The summed E-state index contributed by atoms with van der Waals surface area (Å²) in [6.07, 6.45) is 0. The van der Waals surface area contributed by atoms with Crippen LogP contribution in [0.3, 0.4) is 0 Å². The number of rotatable bonds is 3. The van der Waals surface area contributed by atoms with Crippen molar-refractivity contribution in [1.82, 2.24) is 0 Å². The van der Waals surface area contributed by atoms with Gasteiger partial charge in [0.25, 0.3) is 5.91 Å². The maximum absolute atomic E-state index is 13.0. The van der Waals surface area contributed by atoms with Gasteiger partial charge in [-0.3, -0.25) is 9.59 Å². The Kier molecular flexibility index (Phi) is 3.94. The van der Waals surface area contributed by atoms with E-state index in [1.54, 1.807) is 31.2 Å². The molecule has 0 saturated heterocycles. The van der Waals surface area contributed by atoms with E-state index < -0.39 is 0 Å². The number of carbonyl (C=O) groups is 2. The fraction of sp³-hybridized carbons (Fsp3) is 0.125. The van der Waals surface area contributed by atoms with Gasteiger partial charge < -0.3 is 5.32 Å². The van der Waals surface area contributed by atoms with Gasteiger partial charge in [0.15, 0.2) is 5.78 Å². The van der Waals surface area contributed by atoms with E-state index >= 15 is 0 Å². The van der Waals surface area contributed by atoms with Gasteiger partial charge in [0.1, 0.15) is 5.82 Å². The minimum absolute atomic E-state index is 0.0303. The van der Waals surface area contributed by atoms with Crippen molar-refractivity contribution in [3.8, 4) is 0 Å². The van der Waals surface area contributed by atoms with E-state index in [4.69, 9.17) is 0 Å². The quantitative estimate of drug-likeness (QED) is 0.867. The summed E-state index contributed by atoms with van der Waals surface area (Å²) in [6.45, 7) is 3.16. The Morgan fingerprint density at radius 2 is 1.70 bits per heavy atom. The molecule has 4 heteroatoms. The van der Waals surface area contributed by atoms with Crippen molar-refractivity contribution in [3.05, 3.63) is 65.0 Å². The minimum Gasteiger partial charge on any atom is -0.322 e. The molecule has 2 rings (SSSR count). The standard InChI is InChI=1S/C16H14FNO2/c1-10-9-13(17)5-8-15(10)16(20)18-14-6-3-12(4-7-14)11(2)19/h3-9H,1-2H3,(H,18,20). The van der Waals surface area contributed by atoms with Crippen LogP contribution in [0.1, 0.15) is 33.2 Å². The number of carbonyl (C=O) groups excluding carboxylic acids is 2. The molecule has 0 radical (unpaired) electrons. The Hall–Kier alpha value is -2.49. The van der Waals surface area contributed by atoms with Gasteiger partial charge in [-0.15, -0.1) is 0 Å². The first-order valence-corrected chi connectivity index (χ1v) is 6.16. The lowest BCUT2D eigenvalue weighted by Crippen LogP contribution is -2.13. The minimum atomic E-state index is -0.370. The second kappa shape index (κ2) is 5.65. The summed E-state index contributed by atoms with van der Waals surface area (Å²) in [7, 11) is 0. The smallest absolute Gasteiger partial charge is 0.255 e. The van der Waals surface area contributed by atoms with E-state index in [9.17, 15) is 14.0 Å². The molecule has 1 amide bonds. The van der Waals surface area contributed by atoms with Crippen molar-refractivity contribution < 1.29 is 14.0 Å². The molecule has 2 aromatic carbocycles. The summed E-state index contributed by atoms with van der Waals surface area (Å²) >= 11 is 0. The molecule has 0 saturated carbocycles. The second-order valence-corrected chi connectivity index (χ2v) is 4.55. The molecule has 0 aromatic heterocycles. The molecule has 0 fully saturated rings. The van der Waals surface area contributed by atoms with Crippen LogP contribution in [0.25, 0.3) is 0 Å². The number of benzene rings is 2. The molecule has 0 atom stereocenters. The van der Waals surface area contributed by atoms with Crippen LogP contribution in [0.2, 0.25) is 0 Å². The van der Waals surface area contributed by atoms with Gasteiger partial charge in [0.05, 0.1) is 0 Å². The fourth-order valence-electron chi connectivity index (χ4n) is 1.87. The Bertz CT molecular complexity index is 663. The summed E-state index contributed by atoms with van der Waals surface area (Å²) in [4.78, 5) is 23.2. The number of amides is 1. The Labute approximate surface area is 116 Å². The predicted octanol–water partition coefficient (Wildman–Crippen LogP) is 3.59. The number of Topliss-reactive ketones (excluding diaryl/α,β-unsaturated/α-hetero) is 1. The largest absolute Gasteiger partial charge is 0.322 e. The van der Waals surface area contributed by atoms with Gasteiger partial charge in [-0.25, -0.2) is 4.39 Å². The highest BCUT2D eigenvalue weighted by atomic mass is 19.1. The number of hydrogen-bond donors (Lipinski definition) is 1. The lowest BCUT2D eigenvalue weighted by molar-refractivity contribution is 0.101. The van der Waals surface area contributed by atoms with Gasteiger partial charge >= 0.3 is 0 Å². The van der Waals surface area contributed by atoms with Crippen LogP contribution < -0.4 is 5.32 Å². The third-order valence-electron chi connectivity index (χ3n) is 2.98. The van der Waals surface area contributed by atoms with Gasteiger partial charge in [-0.05, 0) is 61.9 Å². The van der Waals surface area contributed by atoms with Crippen LogP contribution in [0.4, 0.5) is 10.1 Å². The SMILES string of the molecule is CC(=O)c1ccc(NC(=O)c2ccc(F)cc2C)cc1. The van der Waals surface area contributed by atoms with Crippen molar-refractivity contribution >= 4 is 17.4 Å². The maximum Gasteiger partial charge on any atom is 0.255 e. The first-order valence-electron chi connectivity index (χ1n) is 6.16. The summed E-state index contributed by atoms with van der Waals surface area (Å²) in [5, 5.41) is 2.71. The molecule has 0 bridgehead atoms. The van der Waals surface area contributed by atoms with Crippen molar-refractivity contribution in [2.75, 3.05) is 5.32 Å². The normalized spacial score (nSPS) is 10.2. The van der Waals surface area contributed by atoms with Crippen LogP contribution in [0.5, 0.6) is 0 Å². The van der Waals surface area contributed by atoms with Crippen LogP contribution >= 0.6 is 0 Å². The zero-order valence-electron chi connectivity index (χ0n) is 11.2. The van der Waals surface area contributed by atoms with E-state index in [2.05, 4.69) is 5.32 Å². The van der Waals surface area contributed by atoms with E-state index in [1.807, 2.05) is 0 Å². The topological polar surface area (TPSA) is 46.2 Å². The monoisotopic (exact) mass is 271 g/mol. The average molecular weight is 271 g/mol. The zero-order chi connectivity index (χ0) is 14.7. The number of halogens is 1. The Balaban J connectivity index is 2.17. The third-order valence-corrected chi connectivity index (χ3v) is 2.98. The average Bonchev–Trinajstić information content (AvgIpc) is 2.39. The summed E-state index contributed by atoms with van der Waals surface area (Å²) in [6, 6.07) is 10.6. The number of ketones is 1. The lowest BCUT2D eigenvalue weighted by Gasteiger charge is -2.08. The maximum atomic E-state index is 13.0. The number of hydrogen-bond acceptors (Lipinski definition) is 2. The molecular weight excluding hydrogens is 257 g/mol. The van der Waals surface area contributed by atoms with Gasteiger partial charge in [0.2, 0.25) is 0 Å². The molecule has 3 nitrogen and oxygen atoms in total. The molecular formula is C16H14FNO2. The third kappa shape index (κ3) is 3.09. The van der Waals surface area contributed by atoms with Crippen LogP contribution in [-0.2, 0) is 0 Å². The Morgan fingerprint density at radius 1 is 1.05 bits per heavy atom. The molecule has 0 aliphatic heterocycles.